The van der Waals surface area contributed by atoms with Crippen LogP contribution in [0.25, 0.3) is 0 Å². The first-order valence-corrected chi connectivity index (χ1v) is 4.59. The van der Waals surface area contributed by atoms with E-state index in [1.807, 2.05) is 6.92 Å². The summed E-state index contributed by atoms with van der Waals surface area (Å²) in [6.45, 7) is 3.05. The smallest absolute Gasteiger partial charge is 0.0791 e. The Morgan fingerprint density at radius 1 is 1.58 bits per heavy atom. The summed E-state index contributed by atoms with van der Waals surface area (Å²) < 4.78 is 2.10. The van der Waals surface area contributed by atoms with Crippen molar-refractivity contribution >= 4 is 0 Å². The van der Waals surface area contributed by atoms with E-state index in [9.17, 15) is 0 Å². The third-order valence-electron chi connectivity index (χ3n) is 2.40. The number of aryl methyl sites for hydroxylation is 2. The molecule has 2 heterocycles. The molecule has 1 aromatic rings. The molecule has 0 amide bonds. The van der Waals surface area contributed by atoms with Gasteiger partial charge in [0.2, 0.25) is 0 Å². The average molecular weight is 165 g/mol. The molecule has 0 bridgehead atoms. The standard InChI is InChI=1S/C9H15N3/c1-7(10)9-6-8-4-2-3-5-12(8)11-9/h6-7H,2-5,10H2,1H3/t7-/m0/s1. The van der Waals surface area contributed by atoms with Crippen molar-refractivity contribution in [2.75, 3.05) is 0 Å². The molecule has 0 spiro atoms. The summed E-state index contributed by atoms with van der Waals surface area (Å²) in [5, 5.41) is 4.44. The van der Waals surface area contributed by atoms with E-state index < -0.39 is 0 Å². The Balaban J connectivity index is 2.32. The fourth-order valence-electron chi connectivity index (χ4n) is 1.66. The Kier molecular flexibility index (Phi) is 1.89. The molecule has 1 aliphatic heterocycles. The molecular formula is C9H15N3. The van der Waals surface area contributed by atoms with Gasteiger partial charge in [-0.2, -0.15) is 5.10 Å². The minimum atomic E-state index is 0.0723. The molecule has 0 saturated carbocycles. The topological polar surface area (TPSA) is 43.8 Å². The van der Waals surface area contributed by atoms with Crippen molar-refractivity contribution in [1.29, 1.82) is 0 Å². The summed E-state index contributed by atoms with van der Waals surface area (Å²) in [7, 11) is 0. The molecule has 12 heavy (non-hydrogen) atoms. The van der Waals surface area contributed by atoms with Crippen molar-refractivity contribution in [2.45, 2.75) is 38.8 Å². The Morgan fingerprint density at radius 3 is 3.08 bits per heavy atom. The van der Waals surface area contributed by atoms with Crippen molar-refractivity contribution in [1.82, 2.24) is 9.78 Å². The van der Waals surface area contributed by atoms with Gasteiger partial charge in [-0.1, -0.05) is 0 Å². The summed E-state index contributed by atoms with van der Waals surface area (Å²) in [4.78, 5) is 0. The van der Waals surface area contributed by atoms with Gasteiger partial charge in [-0.3, -0.25) is 4.68 Å². The van der Waals surface area contributed by atoms with E-state index in [-0.39, 0.29) is 6.04 Å². The van der Waals surface area contributed by atoms with Gasteiger partial charge in [-0.05, 0) is 32.3 Å². The molecule has 3 nitrogen and oxygen atoms in total. The summed E-state index contributed by atoms with van der Waals surface area (Å²) >= 11 is 0. The fourth-order valence-corrected chi connectivity index (χ4v) is 1.66. The Bertz CT molecular complexity index is 252. The SMILES string of the molecule is C[C@H](N)c1cc2n(n1)CCCC2. The first kappa shape index (κ1) is 7.80. The summed E-state index contributed by atoms with van der Waals surface area (Å²) in [5.41, 5.74) is 8.14. The van der Waals surface area contributed by atoms with Crippen LogP contribution in [-0.2, 0) is 13.0 Å². The van der Waals surface area contributed by atoms with E-state index in [1.54, 1.807) is 0 Å². The largest absolute Gasteiger partial charge is 0.323 e. The number of hydrogen-bond acceptors (Lipinski definition) is 2. The van der Waals surface area contributed by atoms with Crippen LogP contribution in [0.1, 0.15) is 37.2 Å². The van der Waals surface area contributed by atoms with Gasteiger partial charge in [-0.15, -0.1) is 0 Å². The Labute approximate surface area is 72.6 Å². The Hall–Kier alpha value is -0.830. The van der Waals surface area contributed by atoms with Gasteiger partial charge in [0.1, 0.15) is 0 Å². The van der Waals surface area contributed by atoms with Crippen LogP contribution in [0.4, 0.5) is 0 Å². The van der Waals surface area contributed by atoms with Crippen LogP contribution >= 0.6 is 0 Å². The lowest BCUT2D eigenvalue weighted by atomic mass is 10.1. The predicted octanol–water partition coefficient (Wildman–Crippen LogP) is 1.24. The lowest BCUT2D eigenvalue weighted by Gasteiger charge is -2.11. The van der Waals surface area contributed by atoms with Gasteiger partial charge in [0.05, 0.1) is 5.69 Å². The van der Waals surface area contributed by atoms with E-state index in [4.69, 9.17) is 5.73 Å². The number of rotatable bonds is 1. The third kappa shape index (κ3) is 1.25. The van der Waals surface area contributed by atoms with Crippen LogP contribution in [0, 0.1) is 0 Å². The van der Waals surface area contributed by atoms with Crippen LogP contribution in [0.15, 0.2) is 6.07 Å². The van der Waals surface area contributed by atoms with Crippen molar-refractivity contribution in [3.63, 3.8) is 0 Å². The number of aromatic nitrogens is 2. The van der Waals surface area contributed by atoms with Gasteiger partial charge in [0, 0.05) is 18.3 Å². The first-order valence-electron chi connectivity index (χ1n) is 4.59. The first-order chi connectivity index (χ1) is 5.77. The minimum Gasteiger partial charge on any atom is -0.323 e. The molecule has 66 valence electrons. The highest BCUT2D eigenvalue weighted by molar-refractivity contribution is 5.14. The quantitative estimate of drug-likeness (QED) is 0.680. The highest BCUT2D eigenvalue weighted by Gasteiger charge is 2.13. The highest BCUT2D eigenvalue weighted by atomic mass is 15.3. The van der Waals surface area contributed by atoms with Gasteiger partial charge < -0.3 is 5.73 Å². The van der Waals surface area contributed by atoms with E-state index in [1.165, 1.54) is 25.0 Å². The molecule has 0 radical (unpaired) electrons. The lowest BCUT2D eigenvalue weighted by Crippen LogP contribution is -2.11. The summed E-state index contributed by atoms with van der Waals surface area (Å²) in [6, 6.07) is 2.22. The fraction of sp³-hybridized carbons (Fsp3) is 0.667. The lowest BCUT2D eigenvalue weighted by molar-refractivity contribution is 0.481. The van der Waals surface area contributed by atoms with Gasteiger partial charge in [-0.25, -0.2) is 0 Å². The van der Waals surface area contributed by atoms with Crippen molar-refractivity contribution < 1.29 is 0 Å². The van der Waals surface area contributed by atoms with E-state index in [0.717, 1.165) is 12.2 Å². The summed E-state index contributed by atoms with van der Waals surface area (Å²) in [5.74, 6) is 0. The second kappa shape index (κ2) is 2.90. The molecule has 2 N–H and O–H groups in total. The zero-order valence-electron chi connectivity index (χ0n) is 7.45. The Morgan fingerprint density at radius 2 is 2.42 bits per heavy atom. The van der Waals surface area contributed by atoms with Crippen LogP contribution in [0.2, 0.25) is 0 Å². The van der Waals surface area contributed by atoms with E-state index in [0.29, 0.717) is 0 Å². The molecule has 0 aromatic carbocycles. The van der Waals surface area contributed by atoms with Gasteiger partial charge in [0.25, 0.3) is 0 Å². The monoisotopic (exact) mass is 165 g/mol. The maximum atomic E-state index is 5.75. The van der Waals surface area contributed by atoms with Crippen LogP contribution < -0.4 is 5.73 Å². The number of fused-ring (bicyclic) bond motifs is 1. The van der Waals surface area contributed by atoms with Crippen LogP contribution in [-0.4, -0.2) is 9.78 Å². The molecule has 0 saturated heterocycles. The molecule has 2 rings (SSSR count). The predicted molar refractivity (Wildman–Crippen MR) is 47.8 cm³/mol. The number of nitrogens with zero attached hydrogens (tertiary/aromatic N) is 2. The average Bonchev–Trinajstić information content (AvgIpc) is 2.46. The molecule has 1 atom stereocenters. The molecule has 3 heteroatoms. The molecule has 1 aliphatic rings. The van der Waals surface area contributed by atoms with Crippen molar-refractivity contribution in [3.05, 3.63) is 17.5 Å². The second-order valence-electron chi connectivity index (χ2n) is 3.53. The molecular weight excluding hydrogens is 150 g/mol. The number of hydrogen-bond donors (Lipinski definition) is 1. The van der Waals surface area contributed by atoms with Crippen molar-refractivity contribution in [3.8, 4) is 0 Å². The van der Waals surface area contributed by atoms with Gasteiger partial charge in [0.15, 0.2) is 0 Å². The molecule has 0 fully saturated rings. The van der Waals surface area contributed by atoms with E-state index >= 15 is 0 Å². The maximum absolute atomic E-state index is 5.75. The normalized spacial score (nSPS) is 18.8. The minimum absolute atomic E-state index is 0.0723. The van der Waals surface area contributed by atoms with Crippen LogP contribution in [0.5, 0.6) is 0 Å². The molecule has 0 aliphatic carbocycles. The van der Waals surface area contributed by atoms with Crippen LogP contribution in [0.3, 0.4) is 0 Å². The third-order valence-corrected chi connectivity index (χ3v) is 2.40. The number of nitrogens with two attached hydrogens (primary N) is 1. The zero-order chi connectivity index (χ0) is 8.55. The highest BCUT2D eigenvalue weighted by Crippen LogP contribution is 2.17. The van der Waals surface area contributed by atoms with E-state index in [2.05, 4.69) is 15.8 Å². The zero-order valence-corrected chi connectivity index (χ0v) is 7.45. The second-order valence-corrected chi connectivity index (χ2v) is 3.53. The maximum Gasteiger partial charge on any atom is 0.0791 e. The molecule has 1 aromatic heterocycles. The van der Waals surface area contributed by atoms with Crippen molar-refractivity contribution in [2.24, 2.45) is 5.73 Å². The van der Waals surface area contributed by atoms with Gasteiger partial charge >= 0.3 is 0 Å². The molecule has 0 unspecified atom stereocenters. The summed E-state index contributed by atoms with van der Waals surface area (Å²) in [6.07, 6.45) is 3.72.